The Hall–Kier alpha value is -3.31. The van der Waals surface area contributed by atoms with Crippen molar-refractivity contribution in [1.82, 2.24) is 9.55 Å². The van der Waals surface area contributed by atoms with Gasteiger partial charge in [0, 0.05) is 17.1 Å². The van der Waals surface area contributed by atoms with E-state index in [1.54, 1.807) is 48.8 Å². The van der Waals surface area contributed by atoms with E-state index in [0.717, 1.165) is 4.57 Å². The van der Waals surface area contributed by atoms with E-state index in [4.69, 9.17) is 0 Å². The van der Waals surface area contributed by atoms with Crippen LogP contribution >= 0.6 is 11.3 Å². The Morgan fingerprint density at radius 2 is 2.04 bits per heavy atom. The maximum absolute atomic E-state index is 12.8. The first-order valence-electron chi connectivity index (χ1n) is 6.89. The Kier molecular flexibility index (Phi) is 4.18. The molecule has 3 aromatic rings. The summed E-state index contributed by atoms with van der Waals surface area (Å²) in [6.07, 6.45) is 1.58. The van der Waals surface area contributed by atoms with Crippen molar-refractivity contribution < 1.29 is 5.11 Å². The van der Waals surface area contributed by atoms with Crippen molar-refractivity contribution in [3.8, 4) is 17.6 Å². The molecule has 8 heteroatoms. The molecular weight excluding hydrogens is 326 g/mol. The van der Waals surface area contributed by atoms with Crippen molar-refractivity contribution >= 4 is 22.2 Å². The normalized spacial score (nSPS) is 10.8. The quantitative estimate of drug-likeness (QED) is 0.737. The van der Waals surface area contributed by atoms with Crippen molar-refractivity contribution in [2.24, 2.45) is 10.2 Å². The Morgan fingerprint density at radius 1 is 1.29 bits per heavy atom. The topological polar surface area (TPSA) is 104 Å². The number of benzene rings is 1. The summed E-state index contributed by atoms with van der Waals surface area (Å²) in [6, 6.07) is 10.5. The molecule has 24 heavy (non-hydrogen) atoms. The number of aromatic hydroxyl groups is 1. The smallest absolute Gasteiger partial charge is 0.286 e. The van der Waals surface area contributed by atoms with Crippen molar-refractivity contribution in [1.29, 1.82) is 5.26 Å². The van der Waals surface area contributed by atoms with E-state index in [0.29, 0.717) is 10.8 Å². The lowest BCUT2D eigenvalue weighted by Crippen LogP contribution is -2.20. The van der Waals surface area contributed by atoms with Crippen LogP contribution in [0.3, 0.4) is 0 Å². The first-order valence-corrected chi connectivity index (χ1v) is 7.76. The van der Waals surface area contributed by atoms with Gasteiger partial charge in [0.15, 0.2) is 5.69 Å². The molecule has 118 valence electrons. The SMILES string of the molecule is Cc1c(C#N)c(O)n(-c2ccccc2)c(=O)c1N=Nc1nccs1. The van der Waals surface area contributed by atoms with Crippen LogP contribution in [0.1, 0.15) is 11.1 Å². The van der Waals surface area contributed by atoms with Gasteiger partial charge < -0.3 is 5.11 Å². The molecule has 0 saturated heterocycles. The van der Waals surface area contributed by atoms with Gasteiger partial charge in [-0.15, -0.1) is 21.6 Å². The van der Waals surface area contributed by atoms with Crippen LogP contribution in [0.4, 0.5) is 10.8 Å². The lowest BCUT2D eigenvalue weighted by molar-refractivity contribution is 0.433. The number of thiazole rings is 1. The molecule has 1 aromatic carbocycles. The number of nitrogens with zero attached hydrogens (tertiary/aromatic N) is 5. The van der Waals surface area contributed by atoms with Crippen molar-refractivity contribution in [2.45, 2.75) is 6.92 Å². The van der Waals surface area contributed by atoms with Crippen LogP contribution in [0.15, 0.2) is 56.9 Å². The van der Waals surface area contributed by atoms with Gasteiger partial charge in [0.25, 0.3) is 5.56 Å². The molecule has 0 bridgehead atoms. The van der Waals surface area contributed by atoms with Gasteiger partial charge in [0.05, 0.1) is 5.69 Å². The number of nitriles is 1. The van der Waals surface area contributed by atoms with E-state index in [2.05, 4.69) is 15.2 Å². The first-order chi connectivity index (χ1) is 11.6. The van der Waals surface area contributed by atoms with Crippen molar-refractivity contribution in [3.63, 3.8) is 0 Å². The first kappa shape index (κ1) is 15.6. The number of azo groups is 1. The summed E-state index contributed by atoms with van der Waals surface area (Å²) in [5, 5.41) is 29.7. The molecule has 0 aliphatic heterocycles. The summed E-state index contributed by atoms with van der Waals surface area (Å²) in [4.78, 5) is 16.7. The molecule has 0 amide bonds. The molecule has 0 spiro atoms. The van der Waals surface area contributed by atoms with E-state index in [1.165, 1.54) is 11.3 Å². The number of pyridine rings is 1. The highest BCUT2D eigenvalue weighted by Crippen LogP contribution is 2.29. The Balaban J connectivity index is 2.27. The van der Waals surface area contributed by atoms with Gasteiger partial charge in [-0.2, -0.15) is 5.26 Å². The monoisotopic (exact) mass is 337 g/mol. The fraction of sp³-hybridized carbons (Fsp3) is 0.0625. The van der Waals surface area contributed by atoms with E-state index in [9.17, 15) is 15.2 Å². The van der Waals surface area contributed by atoms with Gasteiger partial charge in [0.2, 0.25) is 11.0 Å². The minimum absolute atomic E-state index is 0.0107. The highest BCUT2D eigenvalue weighted by atomic mass is 32.1. The lowest BCUT2D eigenvalue weighted by Gasteiger charge is -2.12. The second kappa shape index (κ2) is 6.44. The number of rotatable bonds is 3. The highest BCUT2D eigenvalue weighted by molar-refractivity contribution is 7.13. The molecule has 0 aliphatic carbocycles. The van der Waals surface area contributed by atoms with Crippen LogP contribution in [0.5, 0.6) is 5.88 Å². The summed E-state index contributed by atoms with van der Waals surface area (Å²) in [6.45, 7) is 1.55. The predicted molar refractivity (Wildman–Crippen MR) is 89.4 cm³/mol. The van der Waals surface area contributed by atoms with Crippen LogP contribution in [-0.4, -0.2) is 14.7 Å². The molecule has 0 fully saturated rings. The predicted octanol–water partition coefficient (Wildman–Crippen LogP) is 3.60. The molecule has 7 nitrogen and oxygen atoms in total. The minimum Gasteiger partial charge on any atom is -0.493 e. The molecule has 2 aromatic heterocycles. The molecule has 0 saturated carbocycles. The van der Waals surface area contributed by atoms with Gasteiger partial charge >= 0.3 is 0 Å². The molecule has 3 rings (SSSR count). The second-order valence-corrected chi connectivity index (χ2v) is 5.65. The van der Waals surface area contributed by atoms with Gasteiger partial charge in [-0.3, -0.25) is 4.79 Å². The third kappa shape index (κ3) is 2.68. The van der Waals surface area contributed by atoms with Crippen LogP contribution in [0.25, 0.3) is 5.69 Å². The van der Waals surface area contributed by atoms with Crippen molar-refractivity contribution in [3.05, 3.63) is 63.4 Å². The molecule has 0 radical (unpaired) electrons. The van der Waals surface area contributed by atoms with E-state index in [-0.39, 0.29) is 16.8 Å². The fourth-order valence-electron chi connectivity index (χ4n) is 2.19. The third-order valence-electron chi connectivity index (χ3n) is 3.35. The average molecular weight is 337 g/mol. The number of hydrogen-bond donors (Lipinski definition) is 1. The maximum Gasteiger partial charge on any atom is 0.286 e. The average Bonchev–Trinajstić information content (AvgIpc) is 3.09. The zero-order chi connectivity index (χ0) is 17.1. The Labute approximate surface area is 140 Å². The summed E-state index contributed by atoms with van der Waals surface area (Å²) in [5.74, 6) is -0.417. The maximum atomic E-state index is 12.8. The molecule has 2 heterocycles. The molecule has 0 unspecified atom stereocenters. The van der Waals surface area contributed by atoms with E-state index in [1.807, 2.05) is 6.07 Å². The zero-order valence-electron chi connectivity index (χ0n) is 12.5. The molecule has 0 aliphatic rings. The highest BCUT2D eigenvalue weighted by Gasteiger charge is 2.20. The molecular formula is C16H11N5O2S. The summed E-state index contributed by atoms with van der Waals surface area (Å²) in [7, 11) is 0. The summed E-state index contributed by atoms with van der Waals surface area (Å²) >= 11 is 1.27. The molecule has 0 atom stereocenters. The number of aromatic nitrogens is 2. The number of para-hydroxylation sites is 1. The van der Waals surface area contributed by atoms with Gasteiger partial charge in [-0.05, 0) is 19.1 Å². The van der Waals surface area contributed by atoms with Crippen molar-refractivity contribution in [2.75, 3.05) is 0 Å². The molecule has 1 N–H and O–H groups in total. The third-order valence-corrected chi connectivity index (χ3v) is 4.01. The van der Waals surface area contributed by atoms with Gasteiger partial charge in [0.1, 0.15) is 11.6 Å². The largest absolute Gasteiger partial charge is 0.493 e. The van der Waals surface area contributed by atoms with E-state index >= 15 is 0 Å². The van der Waals surface area contributed by atoms with Gasteiger partial charge in [-0.25, -0.2) is 9.55 Å². The van der Waals surface area contributed by atoms with Crippen LogP contribution in [-0.2, 0) is 0 Å². The second-order valence-electron chi connectivity index (χ2n) is 4.77. The summed E-state index contributed by atoms with van der Waals surface area (Å²) < 4.78 is 1.04. The van der Waals surface area contributed by atoms with Gasteiger partial charge in [-0.1, -0.05) is 18.2 Å². The standard InChI is InChI=1S/C16H11N5O2S/c1-10-12(9-17)14(22)21(11-5-3-2-4-6-11)15(23)13(10)19-20-16-18-7-8-24-16/h2-8,22H,1H3. The van der Waals surface area contributed by atoms with Crippen LogP contribution in [0.2, 0.25) is 0 Å². The number of hydrogen-bond acceptors (Lipinski definition) is 7. The van der Waals surface area contributed by atoms with Crippen LogP contribution < -0.4 is 5.56 Å². The minimum atomic E-state index is -0.560. The fourth-order valence-corrected chi connectivity index (χ4v) is 2.64. The lowest BCUT2D eigenvalue weighted by atomic mass is 10.1. The van der Waals surface area contributed by atoms with Crippen LogP contribution in [0, 0.1) is 18.3 Å². The zero-order valence-corrected chi connectivity index (χ0v) is 13.4. The summed E-state index contributed by atoms with van der Waals surface area (Å²) in [5.41, 5.74) is 0.111. The Bertz CT molecular complexity index is 1000. The van der Waals surface area contributed by atoms with E-state index < -0.39 is 11.4 Å². The Morgan fingerprint density at radius 3 is 2.67 bits per heavy atom.